The van der Waals surface area contributed by atoms with E-state index in [0.717, 1.165) is 34.6 Å². The minimum atomic E-state index is -4.61. The minimum Gasteiger partial charge on any atom is -0.378 e. The topological polar surface area (TPSA) is 104 Å². The van der Waals surface area contributed by atoms with Crippen molar-refractivity contribution >= 4 is 47.3 Å². The van der Waals surface area contributed by atoms with Crippen molar-refractivity contribution in [1.82, 2.24) is 4.98 Å². The van der Waals surface area contributed by atoms with E-state index >= 15 is 0 Å². The van der Waals surface area contributed by atoms with Crippen LogP contribution in [0.1, 0.15) is 32.7 Å². The molecule has 2 aliphatic heterocycles. The summed E-state index contributed by atoms with van der Waals surface area (Å²) in [6.07, 6.45) is 2.15. The van der Waals surface area contributed by atoms with Crippen molar-refractivity contribution in [2.24, 2.45) is 15.0 Å². The normalized spacial score (nSPS) is 16.9. The number of allylic oxidation sites excluding steroid dienone is 2. The molecule has 9 nitrogen and oxygen atoms in total. The van der Waals surface area contributed by atoms with Gasteiger partial charge in [-0.3, -0.25) is 24.8 Å². The average molecular weight is 616 g/mol. The van der Waals surface area contributed by atoms with Gasteiger partial charge in [0.1, 0.15) is 6.67 Å². The molecule has 2 aliphatic rings. The fourth-order valence-corrected chi connectivity index (χ4v) is 4.82. The molecule has 0 aliphatic carbocycles. The molecule has 5 rings (SSSR count). The molecular formula is C33H32F3N7O2. The number of aliphatic imine (C=N–C) groups is 3. The highest BCUT2D eigenvalue weighted by atomic mass is 19.4. The van der Waals surface area contributed by atoms with Gasteiger partial charge in [0, 0.05) is 53.1 Å². The first-order valence-corrected chi connectivity index (χ1v) is 14.2. The highest BCUT2D eigenvalue weighted by Gasteiger charge is 2.32. The third kappa shape index (κ3) is 7.90. The first kappa shape index (κ1) is 31.3. The number of morpholine rings is 1. The Kier molecular flexibility index (Phi) is 9.53. The first-order chi connectivity index (χ1) is 21.6. The Morgan fingerprint density at radius 1 is 1.09 bits per heavy atom. The average Bonchev–Trinajstić information content (AvgIpc) is 3.03. The number of pyridine rings is 1. The first-order valence-electron chi connectivity index (χ1n) is 14.2. The van der Waals surface area contributed by atoms with Crippen molar-refractivity contribution in [1.29, 1.82) is 0 Å². The van der Waals surface area contributed by atoms with Crippen LogP contribution in [0.4, 0.5) is 30.2 Å². The van der Waals surface area contributed by atoms with Crippen molar-refractivity contribution in [2.45, 2.75) is 20.0 Å². The number of carbonyl (C=O) groups excluding carboxylic acids is 1. The van der Waals surface area contributed by atoms with Crippen molar-refractivity contribution in [2.75, 3.05) is 48.5 Å². The number of anilines is 3. The fourth-order valence-electron chi connectivity index (χ4n) is 4.82. The van der Waals surface area contributed by atoms with Gasteiger partial charge in [0.05, 0.1) is 48.3 Å². The maximum absolute atomic E-state index is 13.8. The second-order valence-corrected chi connectivity index (χ2v) is 10.5. The molecular weight excluding hydrogens is 583 g/mol. The zero-order valence-electron chi connectivity index (χ0n) is 24.9. The lowest BCUT2D eigenvalue weighted by Crippen LogP contribution is -2.36. The van der Waals surface area contributed by atoms with Crippen LogP contribution < -0.4 is 15.5 Å². The van der Waals surface area contributed by atoms with Crippen LogP contribution in [0.2, 0.25) is 0 Å². The molecule has 3 heterocycles. The molecule has 0 bridgehead atoms. The van der Waals surface area contributed by atoms with Gasteiger partial charge in [-0.05, 0) is 74.7 Å². The Labute approximate surface area is 259 Å². The summed E-state index contributed by atoms with van der Waals surface area (Å²) in [4.78, 5) is 32.4. The second kappa shape index (κ2) is 13.7. The SMILES string of the molecule is C=N/C=C1/C=C(c2cc(NC(=O)c3cc(N4CCOCC4)cc(C(F)(F)F)c3)ccc2C)N=C/C1=N/CNc1ccc(C)nc1. The molecule has 0 radical (unpaired) electrons. The van der Waals surface area contributed by atoms with Gasteiger partial charge in [-0.1, -0.05) is 6.07 Å². The van der Waals surface area contributed by atoms with E-state index in [9.17, 15) is 18.0 Å². The van der Waals surface area contributed by atoms with Crippen molar-refractivity contribution in [3.8, 4) is 0 Å². The number of hydrogen-bond donors (Lipinski definition) is 2. The van der Waals surface area contributed by atoms with Crippen LogP contribution in [-0.2, 0) is 10.9 Å². The van der Waals surface area contributed by atoms with E-state index in [0.29, 0.717) is 54.7 Å². The molecule has 0 spiro atoms. The summed E-state index contributed by atoms with van der Waals surface area (Å²) in [5.74, 6) is -0.659. The van der Waals surface area contributed by atoms with E-state index in [2.05, 4.69) is 37.3 Å². The molecule has 232 valence electrons. The molecule has 2 aromatic carbocycles. The van der Waals surface area contributed by atoms with Gasteiger partial charge in [0.2, 0.25) is 0 Å². The fraction of sp³-hybridized carbons (Fsp3) is 0.242. The molecule has 1 fully saturated rings. The van der Waals surface area contributed by atoms with Gasteiger partial charge in [-0.25, -0.2) is 0 Å². The van der Waals surface area contributed by atoms with Crippen molar-refractivity contribution < 1.29 is 22.7 Å². The molecule has 2 N–H and O–H groups in total. The summed E-state index contributed by atoms with van der Waals surface area (Å²) >= 11 is 0. The van der Waals surface area contributed by atoms with Crippen LogP contribution >= 0.6 is 0 Å². The predicted octanol–water partition coefficient (Wildman–Crippen LogP) is 6.33. The number of aromatic nitrogens is 1. The van der Waals surface area contributed by atoms with Gasteiger partial charge >= 0.3 is 6.18 Å². The van der Waals surface area contributed by atoms with Gasteiger partial charge in [0.15, 0.2) is 0 Å². The van der Waals surface area contributed by atoms with Gasteiger partial charge in [-0.2, -0.15) is 13.2 Å². The number of ether oxygens (including phenoxy) is 1. The van der Waals surface area contributed by atoms with E-state index in [-0.39, 0.29) is 12.2 Å². The van der Waals surface area contributed by atoms with Gasteiger partial charge < -0.3 is 20.3 Å². The van der Waals surface area contributed by atoms with E-state index < -0.39 is 17.6 Å². The largest absolute Gasteiger partial charge is 0.416 e. The standard InChI is InChI=1S/C33H32F3N7O2/c1-21-4-6-26(42-32(44)23-12-25(33(34,35)36)15-28(13-23)43-8-10-45-11-9-43)16-29(21)30-14-24(17-37-3)31(19-39-30)41-20-40-27-7-5-22(2)38-18-27/h4-7,12-19,40H,3,8-11,20H2,1-2H3,(H,42,44)/b24-17-,41-31-. The molecule has 45 heavy (non-hydrogen) atoms. The van der Waals surface area contributed by atoms with Gasteiger partial charge in [0.25, 0.3) is 5.91 Å². The Morgan fingerprint density at radius 2 is 1.87 bits per heavy atom. The Morgan fingerprint density at radius 3 is 2.58 bits per heavy atom. The zero-order valence-corrected chi connectivity index (χ0v) is 24.9. The van der Waals surface area contributed by atoms with Crippen LogP contribution in [0.5, 0.6) is 0 Å². The molecule has 0 saturated carbocycles. The lowest BCUT2D eigenvalue weighted by Gasteiger charge is -2.29. The van der Waals surface area contributed by atoms with Crippen molar-refractivity contribution in [3.63, 3.8) is 0 Å². The summed E-state index contributed by atoms with van der Waals surface area (Å²) in [5, 5.41) is 5.95. The summed E-state index contributed by atoms with van der Waals surface area (Å²) in [7, 11) is 0. The van der Waals surface area contributed by atoms with E-state index in [1.54, 1.807) is 35.6 Å². The number of nitrogens with one attached hydrogen (secondary N) is 2. The minimum absolute atomic E-state index is 0.0958. The number of benzene rings is 2. The third-order valence-corrected chi connectivity index (χ3v) is 7.24. The maximum Gasteiger partial charge on any atom is 0.416 e. The van der Waals surface area contributed by atoms with Crippen LogP contribution in [0, 0.1) is 13.8 Å². The second-order valence-electron chi connectivity index (χ2n) is 10.5. The predicted molar refractivity (Wildman–Crippen MR) is 173 cm³/mol. The molecule has 12 heteroatoms. The van der Waals surface area contributed by atoms with E-state index in [1.807, 2.05) is 38.1 Å². The monoisotopic (exact) mass is 615 g/mol. The van der Waals surface area contributed by atoms with Crippen LogP contribution in [0.25, 0.3) is 5.70 Å². The molecule has 1 aromatic heterocycles. The van der Waals surface area contributed by atoms with E-state index in [1.165, 1.54) is 6.07 Å². The van der Waals surface area contributed by atoms with E-state index in [4.69, 9.17) is 4.74 Å². The number of carbonyl (C=O) groups is 1. The van der Waals surface area contributed by atoms with Crippen molar-refractivity contribution in [3.05, 3.63) is 101 Å². The summed E-state index contributed by atoms with van der Waals surface area (Å²) in [6.45, 7) is 9.33. The highest BCUT2D eigenvalue weighted by molar-refractivity contribution is 6.41. The van der Waals surface area contributed by atoms with Gasteiger partial charge in [-0.15, -0.1) is 0 Å². The Bertz CT molecular complexity index is 1700. The lowest BCUT2D eigenvalue weighted by atomic mass is 10.00. The molecule has 1 saturated heterocycles. The van der Waals surface area contributed by atoms with Crippen LogP contribution in [0.15, 0.2) is 87.6 Å². The smallest absolute Gasteiger partial charge is 0.378 e. The van der Waals surface area contributed by atoms with Crippen LogP contribution in [0.3, 0.4) is 0 Å². The van der Waals surface area contributed by atoms with Crippen LogP contribution in [-0.4, -0.2) is 62.5 Å². The molecule has 0 unspecified atom stereocenters. The Hall–Kier alpha value is -5.10. The number of alkyl halides is 3. The lowest BCUT2D eigenvalue weighted by molar-refractivity contribution is -0.137. The molecule has 1 amide bonds. The summed E-state index contributed by atoms with van der Waals surface area (Å²) in [6, 6.07) is 12.5. The number of amides is 1. The molecule has 3 aromatic rings. The zero-order chi connectivity index (χ0) is 32.0. The number of rotatable bonds is 8. The summed E-state index contributed by atoms with van der Waals surface area (Å²) in [5.41, 5.74) is 4.98. The maximum atomic E-state index is 13.8. The number of nitrogens with zero attached hydrogens (tertiary/aromatic N) is 5. The number of halogens is 3. The highest BCUT2D eigenvalue weighted by Crippen LogP contribution is 2.34. The molecule has 0 atom stereocenters. The quantitative estimate of drug-likeness (QED) is 0.289. The number of aryl methyl sites for hydroxylation is 2. The third-order valence-electron chi connectivity index (χ3n) is 7.24. The Balaban J connectivity index is 1.36. The number of hydrogen-bond acceptors (Lipinski definition) is 8. The summed E-state index contributed by atoms with van der Waals surface area (Å²) < 4.78 is 46.6.